The Hall–Kier alpha value is -8.38. The quantitative estimate of drug-likeness (QED) is 0.0636. The highest BCUT2D eigenvalue weighted by Crippen LogP contribution is 2.56. The van der Waals surface area contributed by atoms with Gasteiger partial charge in [0.2, 0.25) is 0 Å². The predicted molar refractivity (Wildman–Crippen MR) is 278 cm³/mol. The molecule has 0 radical (unpaired) electrons. The molecule has 0 fully saturated rings. The van der Waals surface area contributed by atoms with Gasteiger partial charge in [-0.2, -0.15) is 0 Å². The number of fused-ring (bicyclic) bond motifs is 2. The Morgan fingerprint density at radius 2 is 0.736 bits per heavy atom. The van der Waals surface area contributed by atoms with E-state index in [-0.39, 0.29) is 26.1 Å². The fourth-order valence-electron chi connectivity index (χ4n) is 9.06. The number of carbonyl (C=O) groups excluding carboxylic acids is 2. The third-order valence-corrected chi connectivity index (χ3v) is 12.3. The zero-order valence-corrected chi connectivity index (χ0v) is 41.7. The minimum Gasteiger partial charge on any atom is -0.496 e. The molecule has 0 bridgehead atoms. The van der Waals surface area contributed by atoms with Crippen molar-refractivity contribution in [2.75, 3.05) is 42.7 Å². The maximum Gasteiger partial charge on any atom is 0.338 e. The number of hydrogen-bond acceptors (Lipinski definition) is 12. The summed E-state index contributed by atoms with van der Waals surface area (Å²) >= 11 is 0. The highest BCUT2D eigenvalue weighted by atomic mass is 16.6. The van der Waals surface area contributed by atoms with Crippen molar-refractivity contribution in [2.45, 2.75) is 52.1 Å². The highest BCUT2D eigenvalue weighted by Gasteiger charge is 2.31. The third-order valence-electron chi connectivity index (χ3n) is 12.3. The lowest BCUT2D eigenvalue weighted by Crippen LogP contribution is -2.18. The smallest absolute Gasteiger partial charge is 0.338 e. The van der Waals surface area contributed by atoms with E-state index >= 15 is 0 Å². The summed E-state index contributed by atoms with van der Waals surface area (Å²) in [6.45, 7) is 4.05. The van der Waals surface area contributed by atoms with Gasteiger partial charge in [-0.25, -0.2) is 9.59 Å². The van der Waals surface area contributed by atoms with Crippen molar-refractivity contribution in [2.24, 2.45) is 0 Å². The van der Waals surface area contributed by atoms with Crippen LogP contribution in [0.1, 0.15) is 56.8 Å². The van der Waals surface area contributed by atoms with Crippen LogP contribution < -0.4 is 37.9 Å². The van der Waals surface area contributed by atoms with Crippen molar-refractivity contribution >= 4 is 33.5 Å². The van der Waals surface area contributed by atoms with E-state index in [1.165, 1.54) is 0 Å². The van der Waals surface area contributed by atoms with E-state index in [0.29, 0.717) is 101 Å². The summed E-state index contributed by atoms with van der Waals surface area (Å²) in [7, 11) is 9.53. The van der Waals surface area contributed by atoms with Gasteiger partial charge in [0.15, 0.2) is 23.0 Å². The Labute approximate surface area is 419 Å². The van der Waals surface area contributed by atoms with Gasteiger partial charge in [0, 0.05) is 58.0 Å². The number of esters is 2. The number of carbonyl (C=O) groups is 2. The topological polar surface area (TPSA) is 126 Å². The van der Waals surface area contributed by atoms with Crippen LogP contribution in [0.5, 0.6) is 46.0 Å². The van der Waals surface area contributed by atoms with Crippen LogP contribution in [0.4, 0.5) is 0 Å². The molecule has 0 saturated carbocycles. The van der Waals surface area contributed by atoms with Gasteiger partial charge in [0.1, 0.15) is 48.4 Å². The summed E-state index contributed by atoms with van der Waals surface area (Å²) in [6, 6.07) is 45.0. The van der Waals surface area contributed by atoms with Crippen LogP contribution >= 0.6 is 0 Å². The van der Waals surface area contributed by atoms with Gasteiger partial charge in [-0.3, -0.25) is 0 Å². The fourth-order valence-corrected chi connectivity index (χ4v) is 9.06. The van der Waals surface area contributed by atoms with Crippen LogP contribution in [0, 0.1) is 0 Å². The van der Waals surface area contributed by atoms with E-state index in [4.69, 9.17) is 47.4 Å². The van der Waals surface area contributed by atoms with Crippen molar-refractivity contribution in [3.63, 3.8) is 0 Å². The Morgan fingerprint density at radius 3 is 1.06 bits per heavy atom. The normalized spacial score (nSPS) is 11.8. The monoisotopic (exact) mass is 970 g/mol. The van der Waals surface area contributed by atoms with E-state index in [2.05, 4.69) is 0 Å². The molecule has 0 aliphatic heterocycles. The maximum atomic E-state index is 13.4. The molecule has 0 aliphatic carbocycles. The van der Waals surface area contributed by atoms with Crippen molar-refractivity contribution < 1.29 is 57.0 Å². The zero-order chi connectivity index (χ0) is 50.7. The average molecular weight is 971 g/mol. The summed E-state index contributed by atoms with van der Waals surface area (Å²) < 4.78 is 63.4. The molecule has 0 heterocycles. The highest BCUT2D eigenvalue weighted by molar-refractivity contribution is 6.16. The van der Waals surface area contributed by atoms with Crippen LogP contribution in [0.3, 0.4) is 0 Å². The zero-order valence-electron chi connectivity index (χ0n) is 41.7. The number of ether oxygens (including phenoxy) is 10. The van der Waals surface area contributed by atoms with Crippen LogP contribution in [-0.4, -0.2) is 66.8 Å². The van der Waals surface area contributed by atoms with E-state index in [1.54, 1.807) is 91.2 Å². The largest absolute Gasteiger partial charge is 0.496 e. The summed E-state index contributed by atoms with van der Waals surface area (Å²) in [5.41, 5.74) is 5.28. The molecule has 8 rings (SSSR count). The molecule has 72 heavy (non-hydrogen) atoms. The molecule has 0 amide bonds. The maximum absolute atomic E-state index is 13.4. The van der Waals surface area contributed by atoms with Crippen molar-refractivity contribution in [3.8, 4) is 57.1 Å². The van der Waals surface area contributed by atoms with Gasteiger partial charge in [0.25, 0.3) is 0 Å². The molecule has 0 unspecified atom stereocenters. The van der Waals surface area contributed by atoms with Crippen LogP contribution in [0.2, 0.25) is 0 Å². The minimum absolute atomic E-state index is 0.186. The summed E-state index contributed by atoms with van der Waals surface area (Å²) in [4.78, 5) is 26.9. The summed E-state index contributed by atoms with van der Waals surface area (Å²) in [6.07, 6.45) is -0.763. The Bertz CT molecular complexity index is 2940. The molecule has 0 saturated heterocycles. The van der Waals surface area contributed by atoms with Crippen molar-refractivity contribution in [1.82, 2.24) is 0 Å². The molecular weight excluding hydrogens is 913 g/mol. The number of benzene rings is 8. The fraction of sp³-hybridized carbons (Fsp3) is 0.233. The number of hydrogen-bond donors (Lipinski definition) is 0. The first kappa shape index (κ1) is 50.0. The molecule has 370 valence electrons. The molecule has 0 N–H and O–H groups in total. The molecule has 8 aromatic rings. The van der Waals surface area contributed by atoms with Crippen LogP contribution in [0.25, 0.3) is 32.7 Å². The molecule has 2 atom stereocenters. The SMILES string of the molecule is COc1cc(OC)c2c(OCc3ccccc3)c(OC)c(C[C@@H](C)OC(=O)c3ccccc3)cc2c1-c1c(OC)cc(OC)c2c(OCc3ccccc3)c(OC)c(C[C@@H](C)OC(=O)c3ccccc3)cc12. The van der Waals surface area contributed by atoms with E-state index in [0.717, 1.165) is 11.1 Å². The molecule has 0 aliphatic rings. The van der Waals surface area contributed by atoms with E-state index in [9.17, 15) is 9.59 Å². The van der Waals surface area contributed by atoms with E-state index < -0.39 is 24.1 Å². The first-order chi connectivity index (χ1) is 35.1. The van der Waals surface area contributed by atoms with Crippen molar-refractivity contribution in [3.05, 3.63) is 179 Å². The molecule has 12 nitrogen and oxygen atoms in total. The summed E-state index contributed by atoms with van der Waals surface area (Å²) in [5, 5.41) is 2.46. The average Bonchev–Trinajstić information content (AvgIpc) is 3.41. The van der Waals surface area contributed by atoms with Gasteiger partial charge >= 0.3 is 11.9 Å². The molecule has 12 heteroatoms. The van der Waals surface area contributed by atoms with Gasteiger partial charge in [-0.15, -0.1) is 0 Å². The lowest BCUT2D eigenvalue weighted by Gasteiger charge is -2.26. The standard InChI is InChI=1S/C60H58O12/c1-37(71-59(61)41-25-17-11-18-26-41)29-43-31-45-51(47(63-3)33-49(65-5)53(45)57(55(43)67-7)69-35-39-21-13-9-14-22-39)52-46-32-44(30-38(2)72-60(62)42-27-19-12-20-28-42)56(68-8)58(70-36-40-23-15-10-16-24-40)54(46)50(66-6)34-48(52)64-4/h9-28,31-34,37-38H,29-30,35-36H2,1-8H3/t37-,38-/m1/s1. The molecule has 8 aromatic carbocycles. The first-order valence-corrected chi connectivity index (χ1v) is 23.5. The second-order valence-corrected chi connectivity index (χ2v) is 17.1. The van der Waals surface area contributed by atoms with E-state index in [1.807, 2.05) is 111 Å². The Balaban J connectivity index is 1.42. The first-order valence-electron chi connectivity index (χ1n) is 23.5. The Kier molecular flexibility index (Phi) is 16.0. The van der Waals surface area contributed by atoms with Gasteiger partial charge in [-0.05, 0) is 61.4 Å². The number of methoxy groups -OCH3 is 6. The van der Waals surface area contributed by atoms with Crippen LogP contribution in [-0.2, 0) is 35.5 Å². The minimum atomic E-state index is -0.615. The lowest BCUT2D eigenvalue weighted by atomic mass is 9.87. The van der Waals surface area contributed by atoms with Gasteiger partial charge < -0.3 is 47.4 Å². The molecule has 0 spiro atoms. The predicted octanol–water partition coefficient (Wildman–Crippen LogP) is 12.4. The Morgan fingerprint density at radius 1 is 0.403 bits per heavy atom. The van der Waals surface area contributed by atoms with Gasteiger partial charge in [0.05, 0.1) is 64.6 Å². The second kappa shape index (κ2) is 23.0. The van der Waals surface area contributed by atoms with Gasteiger partial charge in [-0.1, -0.05) is 97.1 Å². The third kappa shape index (κ3) is 10.7. The van der Waals surface area contributed by atoms with Crippen molar-refractivity contribution in [1.29, 1.82) is 0 Å². The molecule has 0 aromatic heterocycles. The summed E-state index contributed by atoms with van der Waals surface area (Å²) in [5.74, 6) is 2.52. The van der Waals surface area contributed by atoms with Crippen LogP contribution in [0.15, 0.2) is 146 Å². The number of rotatable bonds is 21. The second-order valence-electron chi connectivity index (χ2n) is 17.1. The molecular formula is C60H58O12. The lowest BCUT2D eigenvalue weighted by molar-refractivity contribution is 0.0331.